The van der Waals surface area contributed by atoms with Crippen LogP contribution in [0.4, 0.5) is 26.3 Å². The van der Waals surface area contributed by atoms with E-state index in [0.717, 1.165) is 67.0 Å². The molecule has 61 heavy (non-hydrogen) atoms. The highest BCUT2D eigenvalue weighted by Crippen LogP contribution is 2.43. The molecule has 2 atom stereocenters. The first kappa shape index (κ1) is 47.5. The van der Waals surface area contributed by atoms with E-state index in [1.54, 1.807) is 13.2 Å². The zero-order valence-corrected chi connectivity index (χ0v) is 36.9. The Kier molecular flexibility index (Phi) is 14.7. The second-order valence-corrected chi connectivity index (χ2v) is 17.9. The first-order chi connectivity index (χ1) is 28.6. The van der Waals surface area contributed by atoms with E-state index < -0.39 is 40.5 Å². The van der Waals surface area contributed by atoms with E-state index in [2.05, 4.69) is 34.3 Å². The molecule has 330 valence electrons. The normalized spacial score (nSPS) is 20.9. The molecule has 2 saturated heterocycles. The van der Waals surface area contributed by atoms with Gasteiger partial charge in [0.15, 0.2) is 0 Å². The minimum absolute atomic E-state index is 0.0807. The summed E-state index contributed by atoms with van der Waals surface area (Å²) in [5.74, 6) is -0.860. The maximum atomic E-state index is 13.6. The average molecular weight is 871 g/mol. The average Bonchev–Trinajstić information content (AvgIpc) is 3.19. The number of amides is 2. The van der Waals surface area contributed by atoms with E-state index in [-0.39, 0.29) is 33.1 Å². The Bertz CT molecular complexity index is 2140. The minimum atomic E-state index is -4.53. The van der Waals surface area contributed by atoms with Crippen LogP contribution in [0.15, 0.2) is 89.8 Å². The molecule has 0 saturated carbocycles. The fraction of sp³-hybridized carbons (Fsp3) is 0.447. The third kappa shape index (κ3) is 10.9. The number of nitrogens with zero attached hydrogens (tertiary/aromatic N) is 2. The van der Waals surface area contributed by atoms with E-state index in [9.17, 15) is 35.9 Å². The summed E-state index contributed by atoms with van der Waals surface area (Å²) in [4.78, 5) is 31.5. The summed E-state index contributed by atoms with van der Waals surface area (Å²) in [6, 6.07) is 23.8. The number of alkyl halides is 6. The molecule has 4 aromatic carbocycles. The van der Waals surface area contributed by atoms with Gasteiger partial charge in [-0.15, -0.1) is 11.8 Å². The number of rotatable bonds is 9. The number of hydrogen-bond acceptors (Lipinski definition) is 6. The number of methoxy groups -OCH3 is 1. The smallest absolute Gasteiger partial charge is 0.416 e. The van der Waals surface area contributed by atoms with E-state index in [1.165, 1.54) is 20.1 Å². The van der Waals surface area contributed by atoms with Gasteiger partial charge in [-0.1, -0.05) is 81.4 Å². The van der Waals surface area contributed by atoms with Crippen LogP contribution in [-0.4, -0.2) is 75.3 Å². The highest BCUT2D eigenvalue weighted by Gasteiger charge is 2.46. The van der Waals surface area contributed by atoms with Crippen molar-refractivity contribution < 1.29 is 40.7 Å². The maximum absolute atomic E-state index is 13.6. The Balaban J connectivity index is 0.000000232. The molecule has 2 fully saturated rings. The van der Waals surface area contributed by atoms with Crippen molar-refractivity contribution in [1.82, 2.24) is 20.4 Å². The van der Waals surface area contributed by atoms with Crippen LogP contribution in [0.2, 0.25) is 0 Å². The number of benzene rings is 4. The molecule has 2 heterocycles. The largest absolute Gasteiger partial charge is 0.496 e. The van der Waals surface area contributed by atoms with Crippen LogP contribution in [0.1, 0.15) is 94.1 Å². The molecule has 2 N–H and O–H groups in total. The summed E-state index contributed by atoms with van der Waals surface area (Å²) in [5.41, 5.74) is 0.134. The van der Waals surface area contributed by atoms with Crippen LogP contribution in [0, 0.1) is 12.3 Å². The second kappa shape index (κ2) is 18.8. The molecule has 7 nitrogen and oxygen atoms in total. The van der Waals surface area contributed by atoms with Crippen LogP contribution in [-0.2, 0) is 29.9 Å². The van der Waals surface area contributed by atoms with E-state index in [1.807, 2.05) is 74.8 Å². The van der Waals surface area contributed by atoms with E-state index in [0.29, 0.717) is 37.1 Å². The van der Waals surface area contributed by atoms with Gasteiger partial charge in [0.2, 0.25) is 0 Å². The molecule has 0 spiro atoms. The van der Waals surface area contributed by atoms with E-state index in [4.69, 9.17) is 4.74 Å². The molecule has 0 aromatic heterocycles. The van der Waals surface area contributed by atoms with Gasteiger partial charge >= 0.3 is 12.4 Å². The summed E-state index contributed by atoms with van der Waals surface area (Å²) in [6.45, 7) is 10.6. The lowest BCUT2D eigenvalue weighted by atomic mass is 9.71. The van der Waals surface area contributed by atoms with E-state index >= 15 is 0 Å². The standard InChI is InChI=1S/C24H29F3N2O2S.C23H27F3N2O/c1-22(2)13-23(15-29(3)14-22,16-9-7-6-8-10-16)28-21(30)20-18(31-4)11-17(24(25,26)27)12-19(20)32-5;1-4-18-16(2)20(23(24,25)26)12-11-19(18)21(29)27-22(13-8-14-28(3)15-22)17-9-6-5-7-10-17/h6-12H,13-15H2,1-5H3,(H,28,30);5-7,9-12H,4,8,13-15H2,1-3H3,(H,27,29). The lowest BCUT2D eigenvalue weighted by Crippen LogP contribution is -2.60. The highest BCUT2D eigenvalue weighted by molar-refractivity contribution is 7.98. The van der Waals surface area contributed by atoms with Gasteiger partial charge in [0, 0.05) is 30.1 Å². The number of piperidine rings is 2. The van der Waals surface area contributed by atoms with Gasteiger partial charge in [-0.3, -0.25) is 9.59 Å². The molecular formula is C47H56F6N4O3S. The first-order valence-electron chi connectivity index (χ1n) is 20.2. The van der Waals surface area contributed by atoms with Gasteiger partial charge in [-0.25, -0.2) is 0 Å². The summed E-state index contributed by atoms with van der Waals surface area (Å²) < 4.78 is 85.2. The molecule has 4 aromatic rings. The lowest BCUT2D eigenvalue weighted by Gasteiger charge is -2.49. The number of likely N-dealkylation sites (tertiary alicyclic amines) is 2. The van der Waals surface area contributed by atoms with Gasteiger partial charge in [-0.05, 0) is 111 Å². The molecule has 2 aliphatic rings. The number of carbonyl (C=O) groups excluding carboxylic acids is 2. The number of hydrogen-bond donors (Lipinski definition) is 2. The van der Waals surface area contributed by atoms with Crippen molar-refractivity contribution in [1.29, 1.82) is 0 Å². The molecule has 0 bridgehead atoms. The monoisotopic (exact) mass is 870 g/mol. The Morgan fingerprint density at radius 1 is 0.787 bits per heavy atom. The Labute approximate surface area is 359 Å². The van der Waals surface area contributed by atoms with Crippen LogP contribution in [0.25, 0.3) is 0 Å². The van der Waals surface area contributed by atoms with Crippen molar-refractivity contribution in [2.45, 2.75) is 81.7 Å². The number of halogens is 6. The quantitative estimate of drug-likeness (QED) is 0.129. The van der Waals surface area contributed by atoms with Crippen molar-refractivity contribution in [3.05, 3.63) is 129 Å². The van der Waals surface area contributed by atoms with Crippen LogP contribution in [0.5, 0.6) is 5.75 Å². The molecule has 2 aliphatic heterocycles. The van der Waals surface area contributed by atoms with Crippen LogP contribution in [0.3, 0.4) is 0 Å². The second-order valence-electron chi connectivity index (χ2n) is 17.0. The van der Waals surface area contributed by atoms with Gasteiger partial charge in [0.1, 0.15) is 5.75 Å². The van der Waals surface area contributed by atoms with Crippen LogP contribution >= 0.6 is 11.8 Å². The zero-order chi connectivity index (χ0) is 45.0. The Morgan fingerprint density at radius 2 is 1.36 bits per heavy atom. The maximum Gasteiger partial charge on any atom is 0.416 e. The molecule has 0 aliphatic carbocycles. The predicted octanol–water partition coefficient (Wildman–Crippen LogP) is 10.4. The number of carbonyl (C=O) groups is 2. The van der Waals surface area contributed by atoms with Crippen molar-refractivity contribution >= 4 is 23.6 Å². The van der Waals surface area contributed by atoms with Crippen molar-refractivity contribution in [2.24, 2.45) is 5.41 Å². The van der Waals surface area contributed by atoms with Gasteiger partial charge in [0.25, 0.3) is 11.8 Å². The summed E-state index contributed by atoms with van der Waals surface area (Å²) in [6.07, 6.45) is -4.55. The summed E-state index contributed by atoms with van der Waals surface area (Å²) in [5, 5.41) is 6.40. The highest BCUT2D eigenvalue weighted by atomic mass is 32.2. The third-order valence-corrected chi connectivity index (χ3v) is 12.4. The van der Waals surface area contributed by atoms with Crippen LogP contribution < -0.4 is 15.4 Å². The number of likely N-dealkylation sites (N-methyl/N-ethyl adjacent to an activating group) is 2. The molecule has 6 rings (SSSR count). The topological polar surface area (TPSA) is 73.9 Å². The number of nitrogens with one attached hydrogen (secondary N) is 2. The molecule has 14 heteroatoms. The van der Waals surface area contributed by atoms with Gasteiger partial charge in [0.05, 0.1) is 34.9 Å². The molecule has 0 radical (unpaired) electrons. The molecule has 2 amide bonds. The predicted molar refractivity (Wildman–Crippen MR) is 229 cm³/mol. The zero-order valence-electron chi connectivity index (χ0n) is 36.0. The number of ether oxygens (including phenoxy) is 1. The van der Waals surface area contributed by atoms with Crippen molar-refractivity contribution in [3.63, 3.8) is 0 Å². The number of thioether (sulfide) groups is 1. The fourth-order valence-electron chi connectivity index (χ4n) is 9.32. The third-order valence-electron chi connectivity index (χ3n) is 11.6. The van der Waals surface area contributed by atoms with Gasteiger partial charge < -0.3 is 25.2 Å². The van der Waals surface area contributed by atoms with Gasteiger partial charge in [-0.2, -0.15) is 26.3 Å². The SMILES string of the molecule is CCc1c(C(=O)NC2(c3ccccc3)CCCN(C)C2)ccc(C(F)(F)F)c1C.COc1cc(C(F)(F)F)cc(SC)c1C(=O)NC1(c2ccccc2)CN(C)CC(C)(C)C1. The minimum Gasteiger partial charge on any atom is -0.496 e. The van der Waals surface area contributed by atoms with Crippen molar-refractivity contribution in [2.75, 3.05) is 53.6 Å². The Morgan fingerprint density at radius 3 is 1.87 bits per heavy atom. The first-order valence-corrected chi connectivity index (χ1v) is 21.5. The lowest BCUT2D eigenvalue weighted by molar-refractivity contribution is -0.138. The fourth-order valence-corrected chi connectivity index (χ4v) is 9.96. The Hall–Kier alpha value is -4.53. The molecular weight excluding hydrogens is 815 g/mol. The van der Waals surface area contributed by atoms with Crippen molar-refractivity contribution in [3.8, 4) is 5.75 Å². The molecule has 2 unspecified atom stereocenters. The summed E-state index contributed by atoms with van der Waals surface area (Å²) >= 11 is 1.09. The summed E-state index contributed by atoms with van der Waals surface area (Å²) in [7, 11) is 5.31.